The quantitative estimate of drug-likeness (QED) is 0.346. The van der Waals surface area contributed by atoms with Crippen molar-refractivity contribution < 1.29 is 22.4 Å². The molecule has 3 N–H and O–H groups in total. The summed E-state index contributed by atoms with van der Waals surface area (Å²) in [4.78, 5) is 20.9. The molecule has 0 radical (unpaired) electrons. The van der Waals surface area contributed by atoms with Crippen LogP contribution < -0.4 is 11.1 Å². The van der Waals surface area contributed by atoms with Crippen LogP contribution in [-0.4, -0.2) is 30.1 Å². The van der Waals surface area contributed by atoms with Gasteiger partial charge in [0.25, 0.3) is 5.91 Å². The maximum Gasteiger partial charge on any atom is 0.416 e. The Morgan fingerprint density at radius 3 is 2.69 bits per heavy atom. The number of hydrogen-bond acceptors (Lipinski definition) is 5. The summed E-state index contributed by atoms with van der Waals surface area (Å²) in [7, 11) is 0. The van der Waals surface area contributed by atoms with E-state index in [1.165, 1.54) is 22.9 Å². The van der Waals surface area contributed by atoms with Gasteiger partial charge in [-0.1, -0.05) is 6.07 Å². The van der Waals surface area contributed by atoms with Crippen molar-refractivity contribution in [2.75, 3.05) is 11.1 Å². The summed E-state index contributed by atoms with van der Waals surface area (Å²) in [6.45, 7) is 1.67. The van der Waals surface area contributed by atoms with Gasteiger partial charge in [0.1, 0.15) is 5.82 Å². The highest BCUT2D eigenvalue weighted by Gasteiger charge is 2.31. The number of aromatic nitrogens is 5. The van der Waals surface area contributed by atoms with Crippen LogP contribution in [0.4, 0.5) is 29.1 Å². The molecule has 0 spiro atoms. The van der Waals surface area contributed by atoms with Gasteiger partial charge in [-0.05, 0) is 42.8 Å². The average Bonchev–Trinajstić information content (AvgIpc) is 3.48. The smallest absolute Gasteiger partial charge is 0.381 e. The molecule has 0 fully saturated rings. The second-order valence-electron chi connectivity index (χ2n) is 7.97. The molecular weight excluding hydrogens is 478 g/mol. The number of nitrogen functional groups attached to an aromatic ring is 1. The monoisotopic (exact) mass is 495 g/mol. The summed E-state index contributed by atoms with van der Waals surface area (Å²) < 4.78 is 56.9. The number of benzene rings is 2. The highest BCUT2D eigenvalue weighted by molar-refractivity contribution is 6.04. The molecule has 3 aromatic heterocycles. The van der Waals surface area contributed by atoms with Crippen LogP contribution in [0.5, 0.6) is 0 Å². The molecule has 0 saturated carbocycles. The van der Waals surface area contributed by atoms with E-state index in [1.807, 2.05) is 0 Å². The van der Waals surface area contributed by atoms with Gasteiger partial charge in [0.05, 0.1) is 35.0 Å². The van der Waals surface area contributed by atoms with Crippen LogP contribution in [0.1, 0.15) is 21.5 Å². The van der Waals surface area contributed by atoms with Gasteiger partial charge in [-0.25, -0.2) is 19.0 Å². The Kier molecular flexibility index (Phi) is 5.43. The zero-order chi connectivity index (χ0) is 25.6. The lowest BCUT2D eigenvalue weighted by Crippen LogP contribution is -2.15. The average molecular weight is 495 g/mol. The molecule has 182 valence electrons. The topological polar surface area (TPSA) is 103 Å². The van der Waals surface area contributed by atoms with Crippen molar-refractivity contribution in [1.82, 2.24) is 24.1 Å². The molecule has 0 aliphatic heterocycles. The lowest BCUT2D eigenvalue weighted by molar-refractivity contribution is -0.137. The van der Waals surface area contributed by atoms with Crippen LogP contribution in [0.2, 0.25) is 0 Å². The van der Waals surface area contributed by atoms with E-state index in [0.717, 1.165) is 12.1 Å². The highest BCUT2D eigenvalue weighted by atomic mass is 19.4. The first-order valence-electron chi connectivity index (χ1n) is 10.5. The normalized spacial score (nSPS) is 11.7. The van der Waals surface area contributed by atoms with Crippen molar-refractivity contribution in [3.8, 4) is 16.9 Å². The number of carbonyl (C=O) groups excluding carboxylic acids is 1. The van der Waals surface area contributed by atoms with Crippen LogP contribution in [-0.2, 0) is 6.18 Å². The van der Waals surface area contributed by atoms with E-state index in [1.54, 1.807) is 42.3 Å². The molecule has 1 amide bonds. The van der Waals surface area contributed by atoms with Gasteiger partial charge < -0.3 is 11.1 Å². The van der Waals surface area contributed by atoms with Gasteiger partial charge in [0.15, 0.2) is 11.5 Å². The molecule has 3 heterocycles. The van der Waals surface area contributed by atoms with Crippen LogP contribution in [0.15, 0.2) is 67.4 Å². The number of fused-ring (bicyclic) bond motifs is 1. The fraction of sp³-hybridized carbons (Fsp3) is 0.0833. The molecule has 0 aliphatic carbocycles. The van der Waals surface area contributed by atoms with E-state index in [4.69, 9.17) is 5.73 Å². The predicted molar refractivity (Wildman–Crippen MR) is 124 cm³/mol. The SMILES string of the molecule is Cc1cc(F)c(NC(=O)c2cccc(C(F)(F)F)c2)cc1-n1cc(-c2cnc3c(N)nccn23)cn1. The van der Waals surface area contributed by atoms with E-state index in [2.05, 4.69) is 20.4 Å². The minimum absolute atomic E-state index is 0.205. The number of nitrogens with one attached hydrogen (secondary N) is 1. The number of imidazole rings is 1. The molecule has 0 unspecified atom stereocenters. The van der Waals surface area contributed by atoms with Gasteiger partial charge in [-0.2, -0.15) is 18.3 Å². The zero-order valence-electron chi connectivity index (χ0n) is 18.6. The maximum absolute atomic E-state index is 14.7. The second kappa shape index (κ2) is 8.48. The largest absolute Gasteiger partial charge is 0.416 e. The number of hydrogen-bond donors (Lipinski definition) is 2. The van der Waals surface area contributed by atoms with Crippen molar-refractivity contribution in [3.63, 3.8) is 0 Å². The minimum atomic E-state index is -4.61. The number of nitrogens with zero attached hydrogens (tertiary/aromatic N) is 5. The Hall–Kier alpha value is -4.74. The van der Waals surface area contributed by atoms with Crippen molar-refractivity contribution in [2.24, 2.45) is 0 Å². The molecule has 5 aromatic rings. The van der Waals surface area contributed by atoms with Gasteiger partial charge in [0, 0.05) is 29.7 Å². The lowest BCUT2D eigenvalue weighted by atomic mass is 10.1. The standard InChI is InChI=1S/C24H17F4N7O/c1-13-7-17(25)18(33-23(36)14-3-2-4-16(8-14)24(26,27)28)9-19(13)35-12-15(10-32-35)20-11-31-22-21(29)30-5-6-34(20)22/h2-12H,1H3,(H2,29,30)(H,33,36). The van der Waals surface area contributed by atoms with Gasteiger partial charge in [-0.3, -0.25) is 9.20 Å². The second-order valence-corrected chi connectivity index (χ2v) is 7.97. The number of halogens is 4. The van der Waals surface area contributed by atoms with Gasteiger partial charge in [0.2, 0.25) is 0 Å². The molecule has 0 aliphatic rings. The van der Waals surface area contributed by atoms with E-state index >= 15 is 0 Å². The Morgan fingerprint density at radius 1 is 1.11 bits per heavy atom. The highest BCUT2D eigenvalue weighted by Crippen LogP contribution is 2.30. The summed E-state index contributed by atoms with van der Waals surface area (Å²) in [5.41, 5.74) is 7.27. The number of amides is 1. The number of anilines is 2. The molecule has 0 saturated heterocycles. The summed E-state index contributed by atoms with van der Waals surface area (Å²) in [6, 6.07) is 6.47. The van der Waals surface area contributed by atoms with Crippen LogP contribution >= 0.6 is 0 Å². The number of alkyl halides is 3. The third-order valence-electron chi connectivity index (χ3n) is 5.57. The van der Waals surface area contributed by atoms with Crippen LogP contribution in [0.3, 0.4) is 0 Å². The summed E-state index contributed by atoms with van der Waals surface area (Å²) in [6.07, 6.45) is 3.53. The molecule has 2 aromatic carbocycles. The molecule has 36 heavy (non-hydrogen) atoms. The van der Waals surface area contributed by atoms with Gasteiger partial charge >= 0.3 is 6.18 Å². The van der Waals surface area contributed by atoms with E-state index < -0.39 is 23.5 Å². The van der Waals surface area contributed by atoms with E-state index in [-0.39, 0.29) is 17.1 Å². The zero-order valence-corrected chi connectivity index (χ0v) is 18.6. The number of aryl methyl sites for hydroxylation is 1. The van der Waals surface area contributed by atoms with Crippen LogP contribution in [0.25, 0.3) is 22.6 Å². The maximum atomic E-state index is 14.7. The molecule has 8 nitrogen and oxygen atoms in total. The fourth-order valence-electron chi connectivity index (χ4n) is 3.77. The Balaban J connectivity index is 1.47. The van der Waals surface area contributed by atoms with E-state index in [9.17, 15) is 22.4 Å². The van der Waals surface area contributed by atoms with Crippen molar-refractivity contribution in [2.45, 2.75) is 13.1 Å². The van der Waals surface area contributed by atoms with Gasteiger partial charge in [-0.15, -0.1) is 0 Å². The third-order valence-corrected chi connectivity index (χ3v) is 5.57. The molecule has 5 rings (SSSR count). The molecule has 12 heteroatoms. The number of nitrogens with two attached hydrogens (primary N) is 1. The molecule has 0 atom stereocenters. The lowest BCUT2D eigenvalue weighted by Gasteiger charge is -2.13. The third kappa shape index (κ3) is 4.13. The Labute approximate surface area is 201 Å². The number of rotatable bonds is 4. The molecule has 0 bridgehead atoms. The van der Waals surface area contributed by atoms with Crippen molar-refractivity contribution >= 4 is 23.1 Å². The summed E-state index contributed by atoms with van der Waals surface area (Å²) >= 11 is 0. The first-order chi connectivity index (χ1) is 17.1. The minimum Gasteiger partial charge on any atom is -0.381 e. The van der Waals surface area contributed by atoms with Crippen molar-refractivity contribution in [1.29, 1.82) is 0 Å². The first-order valence-corrected chi connectivity index (χ1v) is 10.5. The first kappa shape index (κ1) is 23.0. The number of carbonyl (C=O) groups is 1. The Morgan fingerprint density at radius 2 is 1.92 bits per heavy atom. The van der Waals surface area contributed by atoms with E-state index in [0.29, 0.717) is 34.2 Å². The fourth-order valence-corrected chi connectivity index (χ4v) is 3.77. The van der Waals surface area contributed by atoms with Crippen LogP contribution in [0, 0.1) is 12.7 Å². The predicted octanol–water partition coefficient (Wildman–Crippen LogP) is 4.88. The summed E-state index contributed by atoms with van der Waals surface area (Å²) in [5.74, 6) is -1.35. The van der Waals surface area contributed by atoms with Crippen molar-refractivity contribution in [3.05, 3.63) is 89.9 Å². The molecular formula is C24H17F4N7O. The Bertz CT molecular complexity index is 1620. The summed E-state index contributed by atoms with van der Waals surface area (Å²) in [5, 5.41) is 6.70.